The van der Waals surface area contributed by atoms with Crippen LogP contribution in [0.2, 0.25) is 0 Å². The number of alkyl halides is 3. The molecule has 0 N–H and O–H groups in total. The molecule has 1 aromatic carbocycles. The zero-order valence-corrected chi connectivity index (χ0v) is 16.4. The third kappa shape index (κ3) is 3.67. The fraction of sp³-hybridized carbons (Fsp3) is 0.450. The van der Waals surface area contributed by atoms with Crippen molar-refractivity contribution in [1.82, 2.24) is 9.88 Å². The van der Waals surface area contributed by atoms with Gasteiger partial charge < -0.3 is 0 Å². The molecule has 9 heteroatoms. The van der Waals surface area contributed by atoms with Gasteiger partial charge in [-0.3, -0.25) is 14.1 Å². The molecule has 3 fully saturated rings. The first kappa shape index (κ1) is 20.3. The van der Waals surface area contributed by atoms with Crippen LogP contribution in [0.25, 0.3) is 10.9 Å². The lowest BCUT2D eigenvalue weighted by atomic mass is 9.73. The maximum absolute atomic E-state index is 13.1. The average molecular weight is 426 g/mol. The molecule has 0 radical (unpaired) electrons. The predicted octanol–water partition coefficient (Wildman–Crippen LogP) is 4.04. The first-order valence-corrected chi connectivity index (χ1v) is 10.8. The van der Waals surface area contributed by atoms with Crippen LogP contribution in [-0.2, 0) is 14.3 Å². The number of pyridine rings is 1. The first-order valence-electron chi connectivity index (χ1n) is 9.41. The van der Waals surface area contributed by atoms with Crippen molar-refractivity contribution >= 4 is 21.0 Å². The lowest BCUT2D eigenvalue weighted by Gasteiger charge is -2.51. The molecule has 3 aliphatic heterocycles. The van der Waals surface area contributed by atoms with E-state index in [-0.39, 0.29) is 11.8 Å². The summed E-state index contributed by atoms with van der Waals surface area (Å²) in [6.45, 7) is 5.17. The van der Waals surface area contributed by atoms with E-state index >= 15 is 0 Å². The summed E-state index contributed by atoms with van der Waals surface area (Å²) >= 11 is 0. The van der Waals surface area contributed by atoms with Crippen LogP contribution in [0.1, 0.15) is 24.5 Å². The molecule has 1 aromatic heterocycles. The highest BCUT2D eigenvalue weighted by Crippen LogP contribution is 2.45. The zero-order chi connectivity index (χ0) is 20.8. The van der Waals surface area contributed by atoms with Gasteiger partial charge in [0.25, 0.3) is 0 Å². The van der Waals surface area contributed by atoms with Gasteiger partial charge in [0.2, 0.25) is 0 Å². The minimum absolute atomic E-state index is 0.244. The number of aromatic nitrogens is 1. The summed E-state index contributed by atoms with van der Waals surface area (Å²) in [6, 6.07) is 8.03. The number of hydrogen-bond donors (Lipinski definition) is 0. The second-order valence-corrected chi connectivity index (χ2v) is 9.14. The highest BCUT2D eigenvalue weighted by molar-refractivity contribution is 7.87. The van der Waals surface area contributed by atoms with Gasteiger partial charge in [0.1, 0.15) is 6.10 Å². The molecule has 3 aliphatic rings. The van der Waals surface area contributed by atoms with Crippen LogP contribution in [0.4, 0.5) is 13.2 Å². The van der Waals surface area contributed by atoms with Gasteiger partial charge in [0, 0.05) is 24.2 Å². The molecule has 0 saturated carbocycles. The third-order valence-electron chi connectivity index (χ3n) is 6.01. The molecule has 2 bridgehead atoms. The van der Waals surface area contributed by atoms with E-state index in [1.807, 2.05) is 11.0 Å². The standard InChI is InChI=1S/C20H21F3N2O3S/c1-2-13-12-25-10-8-14(13)11-18(25)19(28-29(26,27)20(21,22)23)16-7-9-24-17-6-4-3-5-15(16)17/h2-7,9,13-14,18-19H,1,8,10-12H2/t13-,14-,18-,19+/m0/s1. The van der Waals surface area contributed by atoms with Gasteiger partial charge in [-0.05, 0) is 48.9 Å². The van der Waals surface area contributed by atoms with Crippen molar-refractivity contribution in [3.05, 3.63) is 54.7 Å². The largest absolute Gasteiger partial charge is 0.523 e. The Morgan fingerprint density at radius 1 is 1.28 bits per heavy atom. The van der Waals surface area contributed by atoms with Crippen molar-refractivity contribution in [2.45, 2.75) is 30.5 Å². The number of nitrogens with zero attached hydrogens (tertiary/aromatic N) is 2. The monoisotopic (exact) mass is 426 g/mol. The van der Waals surface area contributed by atoms with E-state index < -0.39 is 27.8 Å². The third-order valence-corrected chi connectivity index (χ3v) is 7.03. The highest BCUT2D eigenvalue weighted by atomic mass is 32.2. The Bertz CT molecular complexity index is 1020. The summed E-state index contributed by atoms with van der Waals surface area (Å²) < 4.78 is 68.2. The van der Waals surface area contributed by atoms with Gasteiger partial charge in [0.15, 0.2) is 0 Å². The van der Waals surface area contributed by atoms with E-state index in [4.69, 9.17) is 4.18 Å². The number of hydrogen-bond acceptors (Lipinski definition) is 5. The van der Waals surface area contributed by atoms with E-state index in [0.717, 1.165) is 6.42 Å². The van der Waals surface area contributed by atoms with Gasteiger partial charge in [-0.15, -0.1) is 6.58 Å². The number of benzene rings is 1. The van der Waals surface area contributed by atoms with Crippen molar-refractivity contribution in [1.29, 1.82) is 0 Å². The summed E-state index contributed by atoms with van der Waals surface area (Å²) in [5, 5.41) is 0.584. The molecule has 4 heterocycles. The van der Waals surface area contributed by atoms with Crippen LogP contribution >= 0.6 is 0 Å². The lowest BCUT2D eigenvalue weighted by molar-refractivity contribution is -0.0714. The fourth-order valence-electron chi connectivity index (χ4n) is 4.57. The van der Waals surface area contributed by atoms with E-state index in [1.54, 1.807) is 30.3 Å². The maximum atomic E-state index is 13.1. The maximum Gasteiger partial charge on any atom is 0.523 e. The van der Waals surface area contributed by atoms with Gasteiger partial charge in [-0.2, -0.15) is 21.6 Å². The quantitative estimate of drug-likeness (QED) is 0.410. The zero-order valence-electron chi connectivity index (χ0n) is 15.5. The lowest BCUT2D eigenvalue weighted by Crippen LogP contribution is -2.55. The Morgan fingerprint density at radius 2 is 2.03 bits per heavy atom. The molecule has 0 aliphatic carbocycles. The topological polar surface area (TPSA) is 59.5 Å². The van der Waals surface area contributed by atoms with E-state index in [2.05, 4.69) is 11.6 Å². The molecular weight excluding hydrogens is 405 g/mol. The number of rotatable bonds is 5. The molecule has 0 spiro atoms. The van der Waals surface area contributed by atoms with E-state index in [0.29, 0.717) is 36.0 Å². The van der Waals surface area contributed by atoms with Crippen molar-refractivity contribution in [3.63, 3.8) is 0 Å². The van der Waals surface area contributed by atoms with Crippen LogP contribution in [0.5, 0.6) is 0 Å². The van der Waals surface area contributed by atoms with Crippen molar-refractivity contribution in [3.8, 4) is 0 Å². The second kappa shape index (κ2) is 7.37. The van der Waals surface area contributed by atoms with Crippen molar-refractivity contribution in [2.24, 2.45) is 11.8 Å². The Morgan fingerprint density at radius 3 is 2.69 bits per heavy atom. The summed E-state index contributed by atoms with van der Waals surface area (Å²) in [5.74, 6) is 0.490. The molecule has 0 amide bonds. The minimum atomic E-state index is -5.77. The van der Waals surface area contributed by atoms with Gasteiger partial charge in [-0.1, -0.05) is 24.3 Å². The molecular formula is C20H21F3N2O3S. The second-order valence-electron chi connectivity index (χ2n) is 7.58. The predicted molar refractivity (Wildman–Crippen MR) is 102 cm³/mol. The van der Waals surface area contributed by atoms with E-state index in [9.17, 15) is 21.6 Å². The minimum Gasteiger partial charge on any atom is -0.297 e. The van der Waals surface area contributed by atoms with Gasteiger partial charge in [-0.25, -0.2) is 0 Å². The number of piperidine rings is 3. The van der Waals surface area contributed by atoms with Crippen molar-refractivity contribution < 1.29 is 25.8 Å². The van der Waals surface area contributed by atoms with Crippen LogP contribution in [0.3, 0.4) is 0 Å². The summed E-state index contributed by atoms with van der Waals surface area (Å²) in [7, 11) is -5.77. The van der Waals surface area contributed by atoms with Crippen LogP contribution in [0.15, 0.2) is 49.2 Å². The summed E-state index contributed by atoms with van der Waals surface area (Å²) in [4.78, 5) is 6.26. The van der Waals surface area contributed by atoms with Crippen molar-refractivity contribution in [2.75, 3.05) is 13.1 Å². The van der Waals surface area contributed by atoms with Gasteiger partial charge >= 0.3 is 15.6 Å². The molecule has 2 aromatic rings. The van der Waals surface area contributed by atoms with E-state index in [1.165, 1.54) is 6.20 Å². The molecule has 5 rings (SSSR count). The SMILES string of the molecule is C=C[C@H]1CN2CC[C@H]1C[C@H]2[C@H](OS(=O)(=O)C(F)(F)F)c1ccnc2ccccc12. The molecule has 29 heavy (non-hydrogen) atoms. The molecule has 156 valence electrons. The molecule has 1 unspecified atom stereocenters. The van der Waals surface area contributed by atoms with Crippen LogP contribution in [0, 0.1) is 11.8 Å². The van der Waals surface area contributed by atoms with Crippen LogP contribution in [-0.4, -0.2) is 42.9 Å². The van der Waals surface area contributed by atoms with Crippen LogP contribution < -0.4 is 0 Å². The summed E-state index contributed by atoms with van der Waals surface area (Å²) in [5.41, 5.74) is -4.51. The molecule has 5 nitrogen and oxygen atoms in total. The Balaban J connectivity index is 1.79. The number of halogens is 3. The fourth-order valence-corrected chi connectivity index (χ4v) is 5.19. The number of fused-ring (bicyclic) bond motifs is 4. The van der Waals surface area contributed by atoms with Gasteiger partial charge in [0.05, 0.1) is 5.52 Å². The smallest absolute Gasteiger partial charge is 0.297 e. The summed E-state index contributed by atoms with van der Waals surface area (Å²) in [6.07, 6.45) is 3.52. The Hall–Kier alpha value is -1.97. The first-order chi connectivity index (χ1) is 13.7. The molecule has 3 saturated heterocycles. The highest BCUT2D eigenvalue weighted by Gasteiger charge is 2.52. The normalized spacial score (nSPS) is 28.4. The average Bonchev–Trinajstić information content (AvgIpc) is 2.71. The Labute approximate surface area is 167 Å². The molecule has 5 atom stereocenters. The Kier molecular flexibility index (Phi) is 5.16. The number of para-hydroxylation sites is 1.